The minimum Gasteiger partial charge on any atom is -0.444 e. The van der Waals surface area contributed by atoms with Gasteiger partial charge in [-0.3, -0.25) is 4.79 Å². The molecule has 6 heteroatoms. The van der Waals surface area contributed by atoms with E-state index in [0.29, 0.717) is 33.2 Å². The summed E-state index contributed by atoms with van der Waals surface area (Å²) in [6.45, 7) is 2.90. The molecule has 0 radical (unpaired) electrons. The molecule has 1 aromatic carbocycles. The molecule has 0 N–H and O–H groups in total. The van der Waals surface area contributed by atoms with Crippen LogP contribution in [0.25, 0.3) is 11.5 Å². The minimum absolute atomic E-state index is 0.0633. The van der Waals surface area contributed by atoms with Gasteiger partial charge in [0.25, 0.3) is 5.91 Å². The van der Waals surface area contributed by atoms with E-state index < -0.39 is 0 Å². The number of piperidine rings is 1. The average molecular weight is 353 g/mol. The van der Waals surface area contributed by atoms with Crippen molar-refractivity contribution in [1.29, 1.82) is 0 Å². The van der Waals surface area contributed by atoms with Gasteiger partial charge in [-0.2, -0.15) is 0 Å². The highest BCUT2D eigenvalue weighted by molar-refractivity contribution is 6.42. The summed E-state index contributed by atoms with van der Waals surface area (Å²) >= 11 is 11.9. The van der Waals surface area contributed by atoms with Crippen molar-refractivity contribution in [2.45, 2.75) is 38.6 Å². The minimum atomic E-state index is -0.0633. The van der Waals surface area contributed by atoms with Crippen molar-refractivity contribution in [3.8, 4) is 11.5 Å². The number of hydrogen-bond donors (Lipinski definition) is 0. The monoisotopic (exact) mass is 352 g/mol. The van der Waals surface area contributed by atoms with Crippen LogP contribution >= 0.6 is 23.2 Å². The third-order valence-corrected chi connectivity index (χ3v) is 4.99. The Morgan fingerprint density at radius 2 is 2.17 bits per heavy atom. The molecule has 0 aliphatic carbocycles. The van der Waals surface area contributed by atoms with Gasteiger partial charge in [0.1, 0.15) is 6.26 Å². The molecule has 1 aromatic heterocycles. The van der Waals surface area contributed by atoms with E-state index in [9.17, 15) is 4.79 Å². The molecule has 1 fully saturated rings. The van der Waals surface area contributed by atoms with E-state index in [-0.39, 0.29) is 5.91 Å². The Labute approximate surface area is 145 Å². The maximum Gasteiger partial charge on any atom is 0.276 e. The van der Waals surface area contributed by atoms with Gasteiger partial charge in [0.2, 0.25) is 5.89 Å². The van der Waals surface area contributed by atoms with Crippen LogP contribution in [0.3, 0.4) is 0 Å². The normalized spacial score (nSPS) is 18.2. The zero-order chi connectivity index (χ0) is 16.4. The summed E-state index contributed by atoms with van der Waals surface area (Å²) in [5.74, 6) is 0.309. The zero-order valence-electron chi connectivity index (χ0n) is 12.9. The average Bonchev–Trinajstić information content (AvgIpc) is 3.06. The van der Waals surface area contributed by atoms with E-state index in [1.807, 2.05) is 4.90 Å². The second-order valence-electron chi connectivity index (χ2n) is 5.72. The number of carbonyl (C=O) groups excluding carboxylic acids is 1. The third kappa shape index (κ3) is 3.38. The standard InChI is InChI=1S/C17H18Cl2N2O2/c1-2-12-5-3-4-8-21(12)17(22)15-10-23-16(20-15)11-6-7-13(18)14(19)9-11/h6-7,9-10,12H,2-5,8H2,1H3. The lowest BCUT2D eigenvalue weighted by Crippen LogP contribution is -2.43. The fourth-order valence-corrected chi connectivity index (χ4v) is 3.27. The summed E-state index contributed by atoms with van der Waals surface area (Å²) in [7, 11) is 0. The molecule has 3 rings (SSSR count). The predicted octanol–water partition coefficient (Wildman–Crippen LogP) is 5.05. The Balaban J connectivity index is 1.83. The first-order valence-corrected chi connectivity index (χ1v) is 8.57. The summed E-state index contributed by atoms with van der Waals surface area (Å²) in [4.78, 5) is 18.9. The lowest BCUT2D eigenvalue weighted by molar-refractivity contribution is 0.0602. The number of nitrogens with zero attached hydrogens (tertiary/aromatic N) is 2. The fraction of sp³-hybridized carbons (Fsp3) is 0.412. The molecule has 4 nitrogen and oxygen atoms in total. The van der Waals surface area contributed by atoms with Crippen molar-refractivity contribution < 1.29 is 9.21 Å². The van der Waals surface area contributed by atoms with E-state index in [1.165, 1.54) is 12.7 Å². The van der Waals surface area contributed by atoms with Crippen molar-refractivity contribution >= 4 is 29.1 Å². The van der Waals surface area contributed by atoms with Crippen LogP contribution in [0.2, 0.25) is 10.0 Å². The Kier molecular flexibility index (Phi) is 4.93. The summed E-state index contributed by atoms with van der Waals surface area (Å²) in [6, 6.07) is 5.42. The van der Waals surface area contributed by atoms with Crippen LogP contribution in [0.1, 0.15) is 43.1 Å². The second kappa shape index (κ2) is 6.93. The van der Waals surface area contributed by atoms with Crippen LogP contribution in [0.5, 0.6) is 0 Å². The summed E-state index contributed by atoms with van der Waals surface area (Å²) in [5.41, 5.74) is 1.04. The number of rotatable bonds is 3. The van der Waals surface area contributed by atoms with Gasteiger partial charge in [-0.05, 0) is 43.9 Å². The van der Waals surface area contributed by atoms with Crippen molar-refractivity contribution in [3.63, 3.8) is 0 Å². The van der Waals surface area contributed by atoms with E-state index in [2.05, 4.69) is 11.9 Å². The predicted molar refractivity (Wildman–Crippen MR) is 90.9 cm³/mol. The molecule has 0 spiro atoms. The molecule has 1 amide bonds. The van der Waals surface area contributed by atoms with Crippen LogP contribution < -0.4 is 0 Å². The van der Waals surface area contributed by atoms with Crippen LogP contribution in [-0.4, -0.2) is 28.4 Å². The Morgan fingerprint density at radius 1 is 1.35 bits per heavy atom. The van der Waals surface area contributed by atoms with Gasteiger partial charge in [0, 0.05) is 18.2 Å². The molecule has 0 saturated carbocycles. The van der Waals surface area contributed by atoms with Crippen molar-refractivity contribution in [1.82, 2.24) is 9.88 Å². The highest BCUT2D eigenvalue weighted by Gasteiger charge is 2.28. The molecule has 1 saturated heterocycles. The Hall–Kier alpha value is -1.52. The maximum atomic E-state index is 12.7. The van der Waals surface area contributed by atoms with Crippen LogP contribution in [0.4, 0.5) is 0 Å². The number of halogens is 2. The molecule has 122 valence electrons. The van der Waals surface area contributed by atoms with E-state index >= 15 is 0 Å². The van der Waals surface area contributed by atoms with Crippen molar-refractivity contribution in [2.75, 3.05) is 6.54 Å². The summed E-state index contributed by atoms with van der Waals surface area (Å²) < 4.78 is 5.47. The highest BCUT2D eigenvalue weighted by atomic mass is 35.5. The number of benzene rings is 1. The highest BCUT2D eigenvalue weighted by Crippen LogP contribution is 2.29. The molecule has 1 aliphatic rings. The molecular weight excluding hydrogens is 335 g/mol. The first-order chi connectivity index (χ1) is 11.1. The molecule has 0 bridgehead atoms. The molecule has 23 heavy (non-hydrogen) atoms. The number of carbonyl (C=O) groups is 1. The number of amides is 1. The summed E-state index contributed by atoms with van der Waals surface area (Å²) in [5, 5.41) is 0.898. The maximum absolute atomic E-state index is 12.7. The zero-order valence-corrected chi connectivity index (χ0v) is 14.4. The largest absolute Gasteiger partial charge is 0.444 e. The van der Waals surface area contributed by atoms with Crippen LogP contribution in [0.15, 0.2) is 28.9 Å². The molecule has 1 atom stereocenters. The Bertz CT molecular complexity index is 714. The summed E-state index contributed by atoms with van der Waals surface area (Å²) in [6.07, 6.45) is 5.65. The Morgan fingerprint density at radius 3 is 2.91 bits per heavy atom. The van der Waals surface area contributed by atoms with Gasteiger partial charge in [0.05, 0.1) is 10.0 Å². The molecule has 1 unspecified atom stereocenters. The topological polar surface area (TPSA) is 46.3 Å². The van der Waals surface area contributed by atoms with Gasteiger partial charge in [-0.25, -0.2) is 4.98 Å². The smallest absolute Gasteiger partial charge is 0.276 e. The molecule has 1 aliphatic heterocycles. The van der Waals surface area contributed by atoms with Crippen LogP contribution in [-0.2, 0) is 0 Å². The fourth-order valence-electron chi connectivity index (χ4n) is 2.97. The number of hydrogen-bond acceptors (Lipinski definition) is 3. The quantitative estimate of drug-likeness (QED) is 0.775. The van der Waals surface area contributed by atoms with E-state index in [1.54, 1.807) is 18.2 Å². The first-order valence-electron chi connectivity index (χ1n) is 7.82. The van der Waals surface area contributed by atoms with Gasteiger partial charge >= 0.3 is 0 Å². The van der Waals surface area contributed by atoms with E-state index in [0.717, 1.165) is 25.8 Å². The second-order valence-corrected chi connectivity index (χ2v) is 6.54. The van der Waals surface area contributed by atoms with Crippen molar-refractivity contribution in [3.05, 3.63) is 40.2 Å². The van der Waals surface area contributed by atoms with E-state index in [4.69, 9.17) is 27.6 Å². The SMILES string of the molecule is CCC1CCCCN1C(=O)c1coc(-c2ccc(Cl)c(Cl)c2)n1. The first kappa shape index (κ1) is 16.3. The van der Waals surface area contributed by atoms with Gasteiger partial charge in [0.15, 0.2) is 5.69 Å². The van der Waals surface area contributed by atoms with Gasteiger partial charge in [-0.1, -0.05) is 30.1 Å². The van der Waals surface area contributed by atoms with Gasteiger partial charge in [-0.15, -0.1) is 0 Å². The van der Waals surface area contributed by atoms with Crippen molar-refractivity contribution in [2.24, 2.45) is 0 Å². The number of oxazole rings is 1. The lowest BCUT2D eigenvalue weighted by atomic mass is 10.00. The number of aromatic nitrogens is 1. The number of likely N-dealkylation sites (tertiary alicyclic amines) is 1. The molecule has 2 heterocycles. The molecular formula is C17H18Cl2N2O2. The van der Waals surface area contributed by atoms with Gasteiger partial charge < -0.3 is 9.32 Å². The molecule has 2 aromatic rings. The lowest BCUT2D eigenvalue weighted by Gasteiger charge is -2.34. The van der Waals surface area contributed by atoms with Crippen LogP contribution in [0, 0.1) is 0 Å². The third-order valence-electron chi connectivity index (χ3n) is 4.25.